The predicted molar refractivity (Wildman–Crippen MR) is 60.6 cm³/mol. The zero-order chi connectivity index (χ0) is 11.3. The summed E-state index contributed by atoms with van der Waals surface area (Å²) in [5, 5.41) is 0. The Kier molecular flexibility index (Phi) is 1.66. The van der Waals surface area contributed by atoms with Crippen molar-refractivity contribution < 1.29 is 9.59 Å². The van der Waals surface area contributed by atoms with Gasteiger partial charge in [0.1, 0.15) is 0 Å². The van der Waals surface area contributed by atoms with Crippen LogP contribution in [0.1, 0.15) is 11.1 Å². The van der Waals surface area contributed by atoms with Crippen LogP contribution in [0.5, 0.6) is 0 Å². The number of carbonyl (C=O) groups is 2. The lowest BCUT2D eigenvalue weighted by molar-refractivity contribution is -0.131. The average molecular weight is 211 g/mol. The average Bonchev–Trinajstić information content (AvgIpc) is 2.64. The summed E-state index contributed by atoms with van der Waals surface area (Å²) in [4.78, 5) is 23.0. The van der Waals surface area contributed by atoms with Crippen LogP contribution in [0.2, 0.25) is 0 Å². The van der Waals surface area contributed by atoms with Crippen LogP contribution >= 0.6 is 0 Å². The van der Waals surface area contributed by atoms with Crippen LogP contribution in [0.4, 0.5) is 5.69 Å². The molecule has 0 saturated heterocycles. The number of hydrogen-bond acceptors (Lipinski definition) is 3. The molecule has 0 spiro atoms. The minimum atomic E-state index is -0.440. The summed E-state index contributed by atoms with van der Waals surface area (Å²) in [6.45, 7) is 0. The Morgan fingerprint density at radius 2 is 1.94 bits per heavy atom. The fourth-order valence-corrected chi connectivity index (χ4v) is 2.30. The molecule has 16 heavy (non-hydrogen) atoms. The maximum Gasteiger partial charge on any atom is 0.229 e. The summed E-state index contributed by atoms with van der Waals surface area (Å²) in [6, 6.07) is 5.61. The summed E-state index contributed by atoms with van der Waals surface area (Å²) >= 11 is 0. The first kappa shape index (κ1) is 9.09. The van der Waals surface area contributed by atoms with Crippen molar-refractivity contribution >= 4 is 22.8 Å². The summed E-state index contributed by atoms with van der Waals surface area (Å²) in [7, 11) is 0. The normalized spacial score (nSPS) is 17.8. The van der Waals surface area contributed by atoms with Gasteiger partial charge >= 0.3 is 0 Å². The van der Waals surface area contributed by atoms with E-state index in [1.807, 2.05) is 18.2 Å². The van der Waals surface area contributed by atoms with E-state index >= 15 is 0 Å². The number of fused-ring (bicyclic) bond motifs is 2. The molecule has 3 nitrogen and oxygen atoms in total. The molecular weight excluding hydrogens is 202 g/mol. The first-order valence-corrected chi connectivity index (χ1v) is 5.06. The fourth-order valence-electron chi connectivity index (χ4n) is 2.30. The summed E-state index contributed by atoms with van der Waals surface area (Å²) in [5.41, 5.74) is 9.89. The lowest BCUT2D eigenvalue weighted by Crippen LogP contribution is -2.17. The number of ketones is 2. The van der Waals surface area contributed by atoms with Gasteiger partial charge in [0, 0.05) is 23.2 Å². The Morgan fingerprint density at radius 1 is 1.12 bits per heavy atom. The molecule has 2 aliphatic carbocycles. The highest BCUT2D eigenvalue weighted by Crippen LogP contribution is 2.39. The molecule has 0 radical (unpaired) electrons. The van der Waals surface area contributed by atoms with Gasteiger partial charge in [0.15, 0.2) is 0 Å². The highest BCUT2D eigenvalue weighted by molar-refractivity contribution is 6.50. The smallest absolute Gasteiger partial charge is 0.229 e. The number of benzene rings is 1. The number of nitrogen functional groups attached to an aromatic ring is 1. The number of anilines is 1. The van der Waals surface area contributed by atoms with Crippen LogP contribution in [-0.4, -0.2) is 11.6 Å². The van der Waals surface area contributed by atoms with Gasteiger partial charge in [-0.25, -0.2) is 0 Å². The second-order valence-corrected chi connectivity index (χ2v) is 3.98. The van der Waals surface area contributed by atoms with Crippen LogP contribution in [0.25, 0.3) is 5.57 Å². The Morgan fingerprint density at radius 3 is 2.75 bits per heavy atom. The van der Waals surface area contributed by atoms with E-state index in [1.54, 1.807) is 6.08 Å². The molecule has 0 heterocycles. The molecule has 78 valence electrons. The Hall–Kier alpha value is -2.16. The van der Waals surface area contributed by atoms with Crippen molar-refractivity contribution in [3.63, 3.8) is 0 Å². The minimum absolute atomic E-state index is 0.395. The number of hydrogen-bond donors (Lipinski definition) is 1. The first-order chi connectivity index (χ1) is 7.68. The third-order valence-corrected chi connectivity index (χ3v) is 3.04. The van der Waals surface area contributed by atoms with Gasteiger partial charge in [-0.3, -0.25) is 9.59 Å². The third-order valence-electron chi connectivity index (χ3n) is 3.04. The number of rotatable bonds is 0. The lowest BCUT2D eigenvalue weighted by atomic mass is 9.95. The highest BCUT2D eigenvalue weighted by atomic mass is 16.2. The molecular formula is C13H9NO2. The molecule has 0 saturated carbocycles. The second-order valence-electron chi connectivity index (χ2n) is 3.98. The zero-order valence-corrected chi connectivity index (χ0v) is 8.49. The topological polar surface area (TPSA) is 60.2 Å². The van der Waals surface area contributed by atoms with Gasteiger partial charge in [0.05, 0.1) is 0 Å². The number of allylic oxidation sites excluding steroid dienone is 4. The summed E-state index contributed by atoms with van der Waals surface area (Å²) in [5.74, 6) is -0.835. The standard InChI is InChI=1S/C13H9NO2/c14-10-3-1-2-7-6-9-8(12(7)10)4-5-11(15)13(9)16/h1-5H,6,14H2. The van der Waals surface area contributed by atoms with E-state index < -0.39 is 11.6 Å². The molecule has 0 aliphatic heterocycles. The Balaban J connectivity index is 2.25. The molecule has 1 aromatic rings. The van der Waals surface area contributed by atoms with E-state index in [2.05, 4.69) is 0 Å². The molecule has 3 heteroatoms. The van der Waals surface area contributed by atoms with Gasteiger partial charge in [0.2, 0.25) is 11.6 Å². The molecule has 0 atom stereocenters. The molecule has 0 amide bonds. The molecule has 0 fully saturated rings. The number of nitrogens with two attached hydrogens (primary N) is 1. The molecule has 1 aromatic carbocycles. The maximum absolute atomic E-state index is 11.7. The van der Waals surface area contributed by atoms with E-state index in [1.165, 1.54) is 6.08 Å². The molecule has 0 unspecified atom stereocenters. The van der Waals surface area contributed by atoms with Gasteiger partial charge in [0.25, 0.3) is 0 Å². The van der Waals surface area contributed by atoms with Gasteiger partial charge in [-0.15, -0.1) is 0 Å². The fraction of sp³-hybridized carbons (Fsp3) is 0.0769. The van der Waals surface area contributed by atoms with Gasteiger partial charge in [-0.2, -0.15) is 0 Å². The third kappa shape index (κ3) is 1.03. The molecule has 3 rings (SSSR count). The van der Waals surface area contributed by atoms with E-state index in [4.69, 9.17) is 5.73 Å². The monoisotopic (exact) mass is 211 g/mol. The van der Waals surface area contributed by atoms with Crippen molar-refractivity contribution in [2.24, 2.45) is 0 Å². The van der Waals surface area contributed by atoms with E-state index in [-0.39, 0.29) is 0 Å². The quantitative estimate of drug-likeness (QED) is 0.399. The molecule has 0 aromatic heterocycles. The summed E-state index contributed by atoms with van der Waals surface area (Å²) in [6.07, 6.45) is 3.54. The van der Waals surface area contributed by atoms with Crippen LogP contribution in [-0.2, 0) is 16.0 Å². The molecule has 2 N–H and O–H groups in total. The van der Waals surface area contributed by atoms with E-state index in [0.29, 0.717) is 17.7 Å². The van der Waals surface area contributed by atoms with Crippen LogP contribution in [0.15, 0.2) is 35.9 Å². The van der Waals surface area contributed by atoms with Crippen molar-refractivity contribution in [3.8, 4) is 0 Å². The minimum Gasteiger partial charge on any atom is -0.398 e. The van der Waals surface area contributed by atoms with Gasteiger partial charge in [-0.1, -0.05) is 12.1 Å². The Labute approximate surface area is 92.3 Å². The van der Waals surface area contributed by atoms with Crippen LogP contribution < -0.4 is 5.73 Å². The second kappa shape index (κ2) is 2.92. The maximum atomic E-state index is 11.7. The SMILES string of the molecule is Nc1cccc2c1C1=C(C2)C(=O)C(=O)C=C1. The van der Waals surface area contributed by atoms with E-state index in [9.17, 15) is 9.59 Å². The zero-order valence-electron chi connectivity index (χ0n) is 8.49. The first-order valence-electron chi connectivity index (χ1n) is 5.06. The number of Topliss-reactive ketones (excluding diaryl/α,β-unsaturated/α-hetero) is 1. The highest BCUT2D eigenvalue weighted by Gasteiger charge is 2.31. The predicted octanol–water partition coefficient (Wildman–Crippen LogP) is 1.29. The van der Waals surface area contributed by atoms with Crippen molar-refractivity contribution in [2.75, 3.05) is 5.73 Å². The van der Waals surface area contributed by atoms with Crippen LogP contribution in [0, 0.1) is 0 Å². The largest absolute Gasteiger partial charge is 0.398 e. The van der Waals surface area contributed by atoms with Crippen molar-refractivity contribution in [1.82, 2.24) is 0 Å². The van der Waals surface area contributed by atoms with Crippen molar-refractivity contribution in [3.05, 3.63) is 47.1 Å². The van der Waals surface area contributed by atoms with E-state index in [0.717, 1.165) is 16.7 Å². The Bertz CT molecular complexity index is 594. The van der Waals surface area contributed by atoms with Crippen LogP contribution in [0.3, 0.4) is 0 Å². The number of carbonyl (C=O) groups excluding carboxylic acids is 2. The van der Waals surface area contributed by atoms with Gasteiger partial charge in [-0.05, 0) is 29.4 Å². The van der Waals surface area contributed by atoms with Gasteiger partial charge < -0.3 is 5.73 Å². The molecule has 0 bridgehead atoms. The summed E-state index contributed by atoms with van der Waals surface area (Å²) < 4.78 is 0. The molecule has 2 aliphatic rings. The van der Waals surface area contributed by atoms with Crippen molar-refractivity contribution in [1.29, 1.82) is 0 Å². The lowest BCUT2D eigenvalue weighted by Gasteiger charge is -2.08. The van der Waals surface area contributed by atoms with Crippen molar-refractivity contribution in [2.45, 2.75) is 6.42 Å².